The number of nitrogen functional groups attached to an aromatic ring is 1. The summed E-state index contributed by atoms with van der Waals surface area (Å²) < 4.78 is 27.1. The van der Waals surface area contributed by atoms with Gasteiger partial charge in [-0.15, -0.1) is 0 Å². The zero-order valence-electron chi connectivity index (χ0n) is 9.58. The SMILES string of the molecule is Nc1cc(Br)ccc1C(=O)Nc1cc(F)ccc1F. The Kier molecular flexibility index (Phi) is 3.80. The molecule has 0 saturated carbocycles. The average molecular weight is 327 g/mol. The molecule has 0 spiro atoms. The van der Waals surface area contributed by atoms with E-state index in [1.165, 1.54) is 6.07 Å². The van der Waals surface area contributed by atoms with Gasteiger partial charge in [-0.2, -0.15) is 0 Å². The first-order valence-electron chi connectivity index (χ1n) is 5.29. The van der Waals surface area contributed by atoms with Gasteiger partial charge in [0.25, 0.3) is 5.91 Å². The maximum Gasteiger partial charge on any atom is 0.257 e. The van der Waals surface area contributed by atoms with E-state index in [-0.39, 0.29) is 16.9 Å². The van der Waals surface area contributed by atoms with E-state index in [0.717, 1.165) is 22.7 Å². The highest BCUT2D eigenvalue weighted by atomic mass is 79.9. The molecule has 0 saturated heterocycles. The van der Waals surface area contributed by atoms with Gasteiger partial charge in [0, 0.05) is 16.2 Å². The maximum absolute atomic E-state index is 13.4. The van der Waals surface area contributed by atoms with Crippen LogP contribution in [0.2, 0.25) is 0 Å². The molecule has 98 valence electrons. The van der Waals surface area contributed by atoms with Gasteiger partial charge in [-0.3, -0.25) is 4.79 Å². The molecule has 3 N–H and O–H groups in total. The van der Waals surface area contributed by atoms with Gasteiger partial charge in [-0.25, -0.2) is 8.78 Å². The van der Waals surface area contributed by atoms with Crippen LogP contribution in [0, 0.1) is 11.6 Å². The zero-order valence-corrected chi connectivity index (χ0v) is 11.2. The number of halogens is 3. The average Bonchev–Trinajstić information content (AvgIpc) is 2.33. The topological polar surface area (TPSA) is 55.1 Å². The molecular formula is C13H9BrF2N2O. The van der Waals surface area contributed by atoms with E-state index < -0.39 is 17.5 Å². The van der Waals surface area contributed by atoms with Crippen molar-refractivity contribution in [3.63, 3.8) is 0 Å². The van der Waals surface area contributed by atoms with Crippen molar-refractivity contribution in [2.45, 2.75) is 0 Å². The van der Waals surface area contributed by atoms with Crippen molar-refractivity contribution in [1.29, 1.82) is 0 Å². The fraction of sp³-hybridized carbons (Fsp3) is 0. The number of rotatable bonds is 2. The number of nitrogens with two attached hydrogens (primary N) is 1. The van der Waals surface area contributed by atoms with Crippen LogP contribution in [0.25, 0.3) is 0 Å². The lowest BCUT2D eigenvalue weighted by molar-refractivity contribution is 0.102. The van der Waals surface area contributed by atoms with Gasteiger partial charge in [0.15, 0.2) is 0 Å². The molecule has 6 heteroatoms. The second kappa shape index (κ2) is 5.36. The number of carbonyl (C=O) groups excluding carboxylic acids is 1. The van der Waals surface area contributed by atoms with E-state index in [4.69, 9.17) is 5.73 Å². The minimum atomic E-state index is -0.717. The van der Waals surface area contributed by atoms with Crippen LogP contribution in [-0.2, 0) is 0 Å². The molecule has 0 radical (unpaired) electrons. The molecule has 2 aromatic rings. The summed E-state index contributed by atoms with van der Waals surface area (Å²) in [5, 5.41) is 2.28. The third-order valence-electron chi connectivity index (χ3n) is 2.43. The number of amides is 1. The summed E-state index contributed by atoms with van der Waals surface area (Å²) in [6.07, 6.45) is 0. The molecule has 1 amide bonds. The van der Waals surface area contributed by atoms with Crippen molar-refractivity contribution in [3.05, 3.63) is 58.1 Å². The standard InChI is InChI=1S/C13H9BrF2N2O/c14-7-1-3-9(11(17)5-7)13(19)18-12-6-8(15)2-4-10(12)16/h1-6H,17H2,(H,18,19). The predicted octanol–water partition coefficient (Wildman–Crippen LogP) is 3.56. The van der Waals surface area contributed by atoms with Crippen molar-refractivity contribution in [2.75, 3.05) is 11.1 Å². The van der Waals surface area contributed by atoms with Crippen molar-refractivity contribution < 1.29 is 13.6 Å². The molecule has 0 aliphatic heterocycles. The quantitative estimate of drug-likeness (QED) is 0.829. The van der Waals surface area contributed by atoms with E-state index in [1.54, 1.807) is 12.1 Å². The predicted molar refractivity (Wildman–Crippen MR) is 72.9 cm³/mol. The second-order valence-electron chi connectivity index (χ2n) is 3.81. The Hall–Kier alpha value is -1.95. The first-order chi connectivity index (χ1) is 8.97. The van der Waals surface area contributed by atoms with E-state index >= 15 is 0 Å². The lowest BCUT2D eigenvalue weighted by Gasteiger charge is -2.08. The summed E-state index contributed by atoms with van der Waals surface area (Å²) in [6.45, 7) is 0. The minimum Gasteiger partial charge on any atom is -0.398 e. The number of benzene rings is 2. The molecule has 0 aliphatic carbocycles. The fourth-order valence-electron chi connectivity index (χ4n) is 1.52. The van der Waals surface area contributed by atoms with Crippen LogP contribution >= 0.6 is 15.9 Å². The van der Waals surface area contributed by atoms with E-state index in [0.29, 0.717) is 0 Å². The molecule has 2 rings (SSSR count). The Morgan fingerprint density at radius 3 is 2.58 bits per heavy atom. The Morgan fingerprint density at radius 2 is 1.89 bits per heavy atom. The molecule has 0 fully saturated rings. The van der Waals surface area contributed by atoms with Gasteiger partial charge in [0.2, 0.25) is 0 Å². The smallest absolute Gasteiger partial charge is 0.257 e. The van der Waals surface area contributed by atoms with Crippen LogP contribution in [0.5, 0.6) is 0 Å². The molecule has 3 nitrogen and oxygen atoms in total. The van der Waals surface area contributed by atoms with Gasteiger partial charge in [0.1, 0.15) is 11.6 Å². The van der Waals surface area contributed by atoms with E-state index in [9.17, 15) is 13.6 Å². The number of hydrogen-bond acceptors (Lipinski definition) is 2. The highest BCUT2D eigenvalue weighted by Crippen LogP contribution is 2.21. The van der Waals surface area contributed by atoms with E-state index in [2.05, 4.69) is 21.2 Å². The van der Waals surface area contributed by atoms with Crippen molar-refractivity contribution >= 4 is 33.2 Å². The minimum absolute atomic E-state index is 0.187. The third kappa shape index (κ3) is 3.08. The number of anilines is 2. The Balaban J connectivity index is 2.28. The van der Waals surface area contributed by atoms with Crippen LogP contribution in [0.1, 0.15) is 10.4 Å². The van der Waals surface area contributed by atoms with Gasteiger partial charge in [-0.1, -0.05) is 15.9 Å². The zero-order chi connectivity index (χ0) is 14.0. The normalized spacial score (nSPS) is 10.3. The molecule has 19 heavy (non-hydrogen) atoms. The number of carbonyl (C=O) groups is 1. The lowest BCUT2D eigenvalue weighted by atomic mass is 10.1. The highest BCUT2D eigenvalue weighted by molar-refractivity contribution is 9.10. The first-order valence-corrected chi connectivity index (χ1v) is 6.08. The molecule has 2 aromatic carbocycles. The van der Waals surface area contributed by atoms with Gasteiger partial charge < -0.3 is 11.1 Å². The van der Waals surface area contributed by atoms with Gasteiger partial charge in [-0.05, 0) is 30.3 Å². The molecule has 0 unspecified atom stereocenters. The van der Waals surface area contributed by atoms with Crippen LogP contribution in [-0.4, -0.2) is 5.91 Å². The maximum atomic E-state index is 13.4. The van der Waals surface area contributed by atoms with Crippen molar-refractivity contribution in [1.82, 2.24) is 0 Å². The molecule has 0 atom stereocenters. The Labute approximate surface area is 116 Å². The van der Waals surface area contributed by atoms with Crippen LogP contribution in [0.3, 0.4) is 0 Å². The molecular weight excluding hydrogens is 318 g/mol. The lowest BCUT2D eigenvalue weighted by Crippen LogP contribution is -2.15. The summed E-state index contributed by atoms with van der Waals surface area (Å²) >= 11 is 3.21. The molecule has 0 heterocycles. The number of hydrogen-bond donors (Lipinski definition) is 2. The van der Waals surface area contributed by atoms with Gasteiger partial charge in [0.05, 0.1) is 11.3 Å². The fourth-order valence-corrected chi connectivity index (χ4v) is 1.90. The van der Waals surface area contributed by atoms with Crippen LogP contribution in [0.4, 0.5) is 20.2 Å². The summed E-state index contributed by atoms with van der Waals surface area (Å²) in [4.78, 5) is 11.9. The monoisotopic (exact) mass is 326 g/mol. The highest BCUT2D eigenvalue weighted by Gasteiger charge is 2.13. The first kappa shape index (κ1) is 13.5. The van der Waals surface area contributed by atoms with Crippen molar-refractivity contribution in [3.8, 4) is 0 Å². The third-order valence-corrected chi connectivity index (χ3v) is 2.93. The summed E-state index contributed by atoms with van der Waals surface area (Å²) in [5.41, 5.74) is 5.88. The molecule has 0 bridgehead atoms. The number of nitrogens with one attached hydrogen (secondary N) is 1. The van der Waals surface area contributed by atoms with Crippen LogP contribution in [0.15, 0.2) is 40.9 Å². The van der Waals surface area contributed by atoms with E-state index in [1.807, 2.05) is 0 Å². The Bertz CT molecular complexity index is 647. The Morgan fingerprint density at radius 1 is 1.16 bits per heavy atom. The van der Waals surface area contributed by atoms with Crippen LogP contribution < -0.4 is 11.1 Å². The summed E-state index contributed by atoms with van der Waals surface area (Å²) in [5.74, 6) is -1.96. The molecule has 0 aromatic heterocycles. The van der Waals surface area contributed by atoms with Gasteiger partial charge >= 0.3 is 0 Å². The second-order valence-corrected chi connectivity index (χ2v) is 4.73. The summed E-state index contributed by atoms with van der Waals surface area (Å²) in [6, 6.07) is 7.49. The largest absolute Gasteiger partial charge is 0.398 e. The molecule has 0 aliphatic rings. The van der Waals surface area contributed by atoms with Crippen molar-refractivity contribution in [2.24, 2.45) is 0 Å². The summed E-state index contributed by atoms with van der Waals surface area (Å²) in [7, 11) is 0.